The molecule has 1 amide bonds. The van der Waals surface area contributed by atoms with E-state index in [1.807, 2.05) is 0 Å². The van der Waals surface area contributed by atoms with Crippen molar-refractivity contribution in [3.8, 4) is 0 Å². The highest BCUT2D eigenvalue weighted by atomic mass is 19.4. The monoisotopic (exact) mass is 326 g/mol. The van der Waals surface area contributed by atoms with Gasteiger partial charge in [-0.2, -0.15) is 13.2 Å². The lowest BCUT2D eigenvalue weighted by Gasteiger charge is -2.28. The molecule has 3 rings (SSSR count). The first-order valence-corrected chi connectivity index (χ1v) is 8.18. The summed E-state index contributed by atoms with van der Waals surface area (Å²) < 4.78 is 39.9. The first kappa shape index (κ1) is 16.3. The number of carbonyl (C=O) groups excluding carboxylic acids is 1. The predicted octanol–water partition coefficient (Wildman–Crippen LogP) is 3.45. The van der Waals surface area contributed by atoms with Gasteiger partial charge in [0.1, 0.15) is 0 Å². The number of piperidine rings is 1. The summed E-state index contributed by atoms with van der Waals surface area (Å²) in [5.41, 5.74) is -0.0108. The third kappa shape index (κ3) is 3.68. The van der Waals surface area contributed by atoms with Crippen LogP contribution in [0, 0.1) is 0 Å². The van der Waals surface area contributed by atoms with E-state index in [1.54, 1.807) is 0 Å². The molecule has 0 unspecified atom stereocenters. The van der Waals surface area contributed by atoms with Gasteiger partial charge in [0.25, 0.3) is 5.91 Å². The molecule has 0 spiro atoms. The molecule has 3 nitrogen and oxygen atoms in total. The standard InChI is InChI=1S/C17H21F3N2O/c18-17(19,20)15-5-4-12(16(23)22-13-2-1-3-13)10-14(15)11-6-8-21-9-7-11/h4-5,10-11,13,21H,1-3,6-9H2,(H,22,23). The van der Waals surface area contributed by atoms with Crippen LogP contribution in [-0.4, -0.2) is 25.0 Å². The Hall–Kier alpha value is -1.56. The third-order valence-electron chi connectivity index (χ3n) is 4.84. The van der Waals surface area contributed by atoms with Gasteiger partial charge in [0, 0.05) is 11.6 Å². The van der Waals surface area contributed by atoms with Crippen LogP contribution in [0.2, 0.25) is 0 Å². The summed E-state index contributed by atoms with van der Waals surface area (Å²) in [5, 5.41) is 6.05. The molecule has 2 aliphatic rings. The van der Waals surface area contributed by atoms with Crippen LogP contribution in [0.4, 0.5) is 13.2 Å². The number of carbonyl (C=O) groups is 1. The molecule has 1 aromatic carbocycles. The minimum atomic E-state index is -4.39. The van der Waals surface area contributed by atoms with Gasteiger partial charge in [-0.05, 0) is 74.9 Å². The van der Waals surface area contributed by atoms with Gasteiger partial charge in [-0.3, -0.25) is 4.79 Å². The lowest BCUT2D eigenvalue weighted by Crippen LogP contribution is -2.39. The van der Waals surface area contributed by atoms with Crippen LogP contribution >= 0.6 is 0 Å². The topological polar surface area (TPSA) is 41.1 Å². The summed E-state index contributed by atoms with van der Waals surface area (Å²) in [5.74, 6) is -0.414. The molecule has 0 aromatic heterocycles. The maximum Gasteiger partial charge on any atom is 0.416 e. The van der Waals surface area contributed by atoms with Crippen LogP contribution in [0.15, 0.2) is 18.2 Å². The van der Waals surface area contributed by atoms with Gasteiger partial charge in [0.2, 0.25) is 0 Å². The number of alkyl halides is 3. The molecule has 1 aromatic rings. The number of hydrogen-bond acceptors (Lipinski definition) is 2. The van der Waals surface area contributed by atoms with E-state index in [-0.39, 0.29) is 23.4 Å². The maximum atomic E-state index is 13.3. The Morgan fingerprint density at radius 3 is 2.39 bits per heavy atom. The van der Waals surface area contributed by atoms with Crippen molar-refractivity contribution >= 4 is 5.91 Å². The van der Waals surface area contributed by atoms with Crippen LogP contribution in [0.3, 0.4) is 0 Å². The molecule has 1 saturated heterocycles. The Labute approximate surface area is 133 Å². The molecule has 23 heavy (non-hydrogen) atoms. The van der Waals surface area contributed by atoms with Crippen molar-refractivity contribution in [2.45, 2.75) is 50.2 Å². The minimum Gasteiger partial charge on any atom is -0.349 e. The van der Waals surface area contributed by atoms with Gasteiger partial charge in [-0.1, -0.05) is 0 Å². The van der Waals surface area contributed by atoms with E-state index in [9.17, 15) is 18.0 Å². The van der Waals surface area contributed by atoms with E-state index in [0.717, 1.165) is 25.3 Å². The molecule has 126 valence electrons. The highest BCUT2D eigenvalue weighted by Gasteiger charge is 2.36. The van der Waals surface area contributed by atoms with E-state index < -0.39 is 11.7 Å². The first-order chi connectivity index (χ1) is 10.9. The van der Waals surface area contributed by atoms with Gasteiger partial charge in [0.15, 0.2) is 0 Å². The van der Waals surface area contributed by atoms with Gasteiger partial charge in [0.05, 0.1) is 5.56 Å². The van der Waals surface area contributed by atoms with Crippen LogP contribution < -0.4 is 10.6 Å². The van der Waals surface area contributed by atoms with Gasteiger partial charge in [-0.15, -0.1) is 0 Å². The zero-order valence-corrected chi connectivity index (χ0v) is 12.9. The average Bonchev–Trinajstić information content (AvgIpc) is 2.50. The minimum absolute atomic E-state index is 0.149. The SMILES string of the molecule is O=C(NC1CCC1)c1ccc(C(F)(F)F)c(C2CCNCC2)c1. The molecule has 6 heteroatoms. The van der Waals surface area contributed by atoms with Crippen molar-refractivity contribution in [1.82, 2.24) is 10.6 Å². The molecule has 1 saturated carbocycles. The fraction of sp³-hybridized carbons (Fsp3) is 0.588. The summed E-state index contributed by atoms with van der Waals surface area (Å²) in [6.45, 7) is 1.42. The Bertz CT molecular complexity index is 576. The fourth-order valence-corrected chi connectivity index (χ4v) is 3.25. The highest BCUT2D eigenvalue weighted by Crippen LogP contribution is 2.38. The quantitative estimate of drug-likeness (QED) is 0.893. The fourth-order valence-electron chi connectivity index (χ4n) is 3.25. The zero-order chi connectivity index (χ0) is 16.4. The van der Waals surface area contributed by atoms with Crippen molar-refractivity contribution in [2.75, 3.05) is 13.1 Å². The van der Waals surface area contributed by atoms with Crippen molar-refractivity contribution < 1.29 is 18.0 Å². The second kappa shape index (κ2) is 6.51. The summed E-state index contributed by atoms with van der Waals surface area (Å²) in [4.78, 5) is 12.2. The summed E-state index contributed by atoms with van der Waals surface area (Å²) in [6.07, 6.45) is -0.0594. The van der Waals surface area contributed by atoms with E-state index >= 15 is 0 Å². The van der Waals surface area contributed by atoms with Crippen molar-refractivity contribution in [1.29, 1.82) is 0 Å². The first-order valence-electron chi connectivity index (χ1n) is 8.18. The second-order valence-electron chi connectivity index (χ2n) is 6.43. The van der Waals surface area contributed by atoms with Gasteiger partial charge >= 0.3 is 6.18 Å². The molecule has 1 heterocycles. The lowest BCUT2D eigenvalue weighted by molar-refractivity contribution is -0.138. The number of nitrogens with one attached hydrogen (secondary N) is 2. The van der Waals surface area contributed by atoms with E-state index in [1.165, 1.54) is 12.1 Å². The maximum absolute atomic E-state index is 13.3. The molecule has 0 radical (unpaired) electrons. The Morgan fingerprint density at radius 2 is 1.83 bits per heavy atom. The molecular weight excluding hydrogens is 305 g/mol. The summed E-state index contributed by atoms with van der Waals surface area (Å²) >= 11 is 0. The van der Waals surface area contributed by atoms with Crippen LogP contribution in [0.5, 0.6) is 0 Å². The van der Waals surface area contributed by atoms with Crippen LogP contribution in [0.1, 0.15) is 59.5 Å². The largest absolute Gasteiger partial charge is 0.416 e. The molecule has 0 atom stereocenters. The van der Waals surface area contributed by atoms with E-state index in [4.69, 9.17) is 0 Å². The molecule has 1 aliphatic carbocycles. The number of rotatable bonds is 3. The molecule has 2 N–H and O–H groups in total. The predicted molar refractivity (Wildman–Crippen MR) is 81.4 cm³/mol. The van der Waals surface area contributed by atoms with Crippen molar-refractivity contribution in [2.24, 2.45) is 0 Å². The van der Waals surface area contributed by atoms with Crippen molar-refractivity contribution in [3.05, 3.63) is 34.9 Å². The number of halogens is 3. The highest BCUT2D eigenvalue weighted by molar-refractivity contribution is 5.94. The van der Waals surface area contributed by atoms with E-state index in [2.05, 4.69) is 10.6 Å². The van der Waals surface area contributed by atoms with E-state index in [0.29, 0.717) is 31.5 Å². The zero-order valence-electron chi connectivity index (χ0n) is 12.9. The lowest BCUT2D eigenvalue weighted by atomic mass is 9.85. The van der Waals surface area contributed by atoms with Gasteiger partial charge in [-0.25, -0.2) is 0 Å². The summed E-state index contributed by atoms with van der Waals surface area (Å²) in [7, 11) is 0. The van der Waals surface area contributed by atoms with Crippen LogP contribution in [0.25, 0.3) is 0 Å². The second-order valence-corrected chi connectivity index (χ2v) is 6.43. The smallest absolute Gasteiger partial charge is 0.349 e. The van der Waals surface area contributed by atoms with Gasteiger partial charge < -0.3 is 10.6 Å². The number of hydrogen-bond donors (Lipinski definition) is 2. The van der Waals surface area contributed by atoms with Crippen LogP contribution in [-0.2, 0) is 6.18 Å². The molecule has 1 aliphatic heterocycles. The average molecular weight is 326 g/mol. The molecule has 2 fully saturated rings. The third-order valence-corrected chi connectivity index (χ3v) is 4.84. The Balaban J connectivity index is 1.88. The Morgan fingerprint density at radius 1 is 1.13 bits per heavy atom. The Kier molecular flexibility index (Phi) is 4.62. The summed E-state index contributed by atoms with van der Waals surface area (Å²) in [6, 6.07) is 3.98. The number of benzene rings is 1. The normalized spacial score (nSPS) is 20.1. The van der Waals surface area contributed by atoms with Crippen molar-refractivity contribution in [3.63, 3.8) is 0 Å². The molecular formula is C17H21F3N2O. The molecule has 0 bridgehead atoms. The number of amides is 1.